The Morgan fingerprint density at radius 1 is 1.00 bits per heavy atom. The molecule has 0 bridgehead atoms. The van der Waals surface area contributed by atoms with Gasteiger partial charge in [0.05, 0.1) is 5.69 Å². The lowest BCUT2D eigenvalue weighted by Gasteiger charge is -2.28. The van der Waals surface area contributed by atoms with Crippen molar-refractivity contribution in [1.29, 1.82) is 0 Å². The highest BCUT2D eigenvalue weighted by Crippen LogP contribution is 2.53. The Bertz CT molecular complexity index is 400. The van der Waals surface area contributed by atoms with E-state index in [-0.39, 0.29) is 0 Å². The van der Waals surface area contributed by atoms with Gasteiger partial charge in [0.15, 0.2) is 0 Å². The molecule has 0 aliphatic heterocycles. The van der Waals surface area contributed by atoms with E-state index in [1.807, 2.05) is 0 Å². The predicted octanol–water partition coefficient (Wildman–Crippen LogP) is 5.42. The second-order valence-corrected chi connectivity index (χ2v) is 8.25. The number of hydrogen-bond donors (Lipinski definition) is 0. The van der Waals surface area contributed by atoms with E-state index in [0.29, 0.717) is 24.4 Å². The van der Waals surface area contributed by atoms with Crippen LogP contribution in [0.3, 0.4) is 0 Å². The van der Waals surface area contributed by atoms with Crippen molar-refractivity contribution in [2.24, 2.45) is 0 Å². The first-order valence-corrected chi connectivity index (χ1v) is 8.52. The van der Waals surface area contributed by atoms with Crippen molar-refractivity contribution in [2.45, 2.75) is 60.6 Å². The molecule has 20 heavy (non-hydrogen) atoms. The van der Waals surface area contributed by atoms with Crippen LogP contribution in [0, 0.1) is 0 Å². The Kier molecular flexibility index (Phi) is 7.21. The Hall–Kier alpha value is 0.590. The zero-order chi connectivity index (χ0) is 15.4. The summed E-state index contributed by atoms with van der Waals surface area (Å²) in [7, 11) is 0. The van der Waals surface area contributed by atoms with E-state index in [4.69, 9.17) is 58.0 Å². The van der Waals surface area contributed by atoms with Crippen LogP contribution in [0.25, 0.3) is 0 Å². The van der Waals surface area contributed by atoms with Gasteiger partial charge in [-0.3, -0.25) is 0 Å². The molecule has 0 radical (unpaired) electrons. The van der Waals surface area contributed by atoms with Gasteiger partial charge in [-0.15, -0.1) is 5.10 Å². The number of hydrogen-bond acceptors (Lipinski definition) is 2. The van der Waals surface area contributed by atoms with Gasteiger partial charge in [0.1, 0.15) is 5.69 Å². The van der Waals surface area contributed by atoms with Crippen LogP contribution < -0.4 is 0 Å². The van der Waals surface area contributed by atoms with E-state index < -0.39 is 8.13 Å². The van der Waals surface area contributed by atoms with Crippen LogP contribution >= 0.6 is 58.0 Å². The van der Waals surface area contributed by atoms with Crippen molar-refractivity contribution in [1.82, 2.24) is 15.0 Å². The summed E-state index contributed by atoms with van der Waals surface area (Å²) in [4.78, 5) is 0. The lowest BCUT2D eigenvalue weighted by atomic mass is 10.1. The minimum atomic E-state index is -1.86. The topological polar surface area (TPSA) is 30.7 Å². The van der Waals surface area contributed by atoms with Crippen molar-refractivity contribution in [2.75, 3.05) is 0 Å². The molecule has 3 nitrogen and oxygen atoms in total. The lowest BCUT2D eigenvalue weighted by Crippen LogP contribution is -2.32. The molecule has 0 fully saturated rings. The van der Waals surface area contributed by atoms with Gasteiger partial charge in [-0.05, 0) is 19.3 Å². The molecule has 0 spiro atoms. The Morgan fingerprint density at radius 2 is 1.60 bits per heavy atom. The molecular weight excluding hydrogens is 363 g/mol. The summed E-state index contributed by atoms with van der Waals surface area (Å²) in [6.45, 7) is 4.82. The molecule has 116 valence electrons. The Balaban J connectivity index is 3.19. The molecule has 0 aromatic carbocycles. The maximum atomic E-state index is 6.32. The summed E-state index contributed by atoms with van der Waals surface area (Å²) in [5.74, 6) is 0. The average molecular weight is 382 g/mol. The zero-order valence-corrected chi connectivity index (χ0v) is 15.3. The van der Waals surface area contributed by atoms with E-state index in [1.54, 1.807) is 4.68 Å². The zero-order valence-electron chi connectivity index (χ0n) is 11.5. The van der Waals surface area contributed by atoms with Gasteiger partial charge in [-0.1, -0.05) is 89.9 Å². The minimum absolute atomic E-state index is 0.489. The van der Waals surface area contributed by atoms with Crippen LogP contribution in [-0.4, -0.2) is 18.8 Å². The van der Waals surface area contributed by atoms with Gasteiger partial charge < -0.3 is 0 Å². The van der Waals surface area contributed by atoms with Crippen molar-refractivity contribution in [3.05, 3.63) is 11.4 Å². The lowest BCUT2D eigenvalue weighted by molar-refractivity contribution is 0.522. The standard InChI is InChI=1S/C12H18Cl5N3/c1-3-5-7-9-10(11(13,14)12(15,16)17)20(19-18-9)8-6-4-2/h3-8H2,1-2H3. The molecule has 0 saturated carbocycles. The fourth-order valence-corrected chi connectivity index (χ4v) is 2.49. The van der Waals surface area contributed by atoms with Gasteiger partial charge in [0, 0.05) is 6.54 Å². The smallest absolute Gasteiger partial charge is 0.228 e. The summed E-state index contributed by atoms with van der Waals surface area (Å²) in [5.41, 5.74) is 1.18. The third kappa shape index (κ3) is 4.30. The Morgan fingerprint density at radius 3 is 2.10 bits per heavy atom. The summed E-state index contributed by atoms with van der Waals surface area (Å²) >= 11 is 30.4. The maximum Gasteiger partial charge on any atom is 0.228 e. The third-order valence-corrected chi connectivity index (χ3v) is 5.30. The highest BCUT2D eigenvalue weighted by atomic mass is 35.6. The highest BCUT2D eigenvalue weighted by Gasteiger charge is 2.51. The molecule has 0 aliphatic carbocycles. The molecule has 1 heterocycles. The fraction of sp³-hybridized carbons (Fsp3) is 0.833. The van der Waals surface area contributed by atoms with Crippen LogP contribution in [0.15, 0.2) is 0 Å². The van der Waals surface area contributed by atoms with E-state index in [2.05, 4.69) is 24.2 Å². The van der Waals surface area contributed by atoms with Gasteiger partial charge >= 0.3 is 0 Å². The van der Waals surface area contributed by atoms with E-state index in [0.717, 1.165) is 25.7 Å². The summed E-state index contributed by atoms with van der Waals surface area (Å²) in [5, 5.41) is 8.26. The molecule has 0 amide bonds. The van der Waals surface area contributed by atoms with E-state index >= 15 is 0 Å². The molecule has 1 rings (SSSR count). The number of alkyl halides is 5. The number of unbranched alkanes of at least 4 members (excludes halogenated alkanes) is 2. The molecule has 1 aromatic heterocycles. The first-order chi connectivity index (χ1) is 9.25. The fourth-order valence-electron chi connectivity index (χ4n) is 1.80. The molecule has 0 saturated heterocycles. The van der Waals surface area contributed by atoms with E-state index in [1.165, 1.54) is 0 Å². The van der Waals surface area contributed by atoms with Crippen molar-refractivity contribution in [3.63, 3.8) is 0 Å². The summed E-state index contributed by atoms with van der Waals surface area (Å²) < 4.78 is -1.89. The number of rotatable bonds is 7. The quantitative estimate of drug-likeness (QED) is 0.590. The molecule has 1 aromatic rings. The van der Waals surface area contributed by atoms with Gasteiger partial charge in [-0.25, -0.2) is 4.68 Å². The van der Waals surface area contributed by atoms with Crippen molar-refractivity contribution >= 4 is 58.0 Å². The van der Waals surface area contributed by atoms with Crippen LogP contribution in [-0.2, 0) is 17.3 Å². The molecule has 0 atom stereocenters. The second-order valence-electron chi connectivity index (χ2n) is 4.64. The number of halogens is 5. The number of aromatic nitrogens is 3. The van der Waals surface area contributed by atoms with Gasteiger partial charge in [-0.2, -0.15) is 0 Å². The highest BCUT2D eigenvalue weighted by molar-refractivity contribution is 6.75. The monoisotopic (exact) mass is 379 g/mol. The molecular formula is C12H18Cl5N3. The molecule has 0 unspecified atom stereocenters. The third-order valence-electron chi connectivity index (χ3n) is 2.95. The molecule has 0 N–H and O–H groups in total. The number of nitrogens with zero attached hydrogens (tertiary/aromatic N) is 3. The first kappa shape index (κ1) is 18.6. The summed E-state index contributed by atoms with van der Waals surface area (Å²) in [6.07, 6.45) is 4.61. The maximum absolute atomic E-state index is 6.32. The predicted molar refractivity (Wildman–Crippen MR) is 87.2 cm³/mol. The van der Waals surface area contributed by atoms with Crippen molar-refractivity contribution in [3.8, 4) is 0 Å². The SMILES string of the molecule is CCCCc1nnn(CCCC)c1C(Cl)(Cl)C(Cl)(Cl)Cl. The normalized spacial score (nSPS) is 12.9. The molecule has 0 aliphatic rings. The second kappa shape index (κ2) is 7.73. The van der Waals surface area contributed by atoms with Gasteiger partial charge in [0.25, 0.3) is 0 Å². The largest absolute Gasteiger partial charge is 0.246 e. The van der Waals surface area contributed by atoms with E-state index in [9.17, 15) is 0 Å². The number of aryl methyl sites for hydroxylation is 2. The van der Waals surface area contributed by atoms with Crippen molar-refractivity contribution < 1.29 is 0 Å². The molecule has 8 heteroatoms. The van der Waals surface area contributed by atoms with Gasteiger partial charge in [0.2, 0.25) is 8.13 Å². The first-order valence-electron chi connectivity index (χ1n) is 6.63. The minimum Gasteiger partial charge on any atom is -0.246 e. The van der Waals surface area contributed by atoms with Crippen LogP contribution in [0.4, 0.5) is 0 Å². The summed E-state index contributed by atoms with van der Waals surface area (Å²) in [6, 6.07) is 0. The van der Waals surface area contributed by atoms with Crippen LogP contribution in [0.5, 0.6) is 0 Å². The van der Waals surface area contributed by atoms with Crippen LogP contribution in [0.2, 0.25) is 0 Å². The average Bonchev–Trinajstić information content (AvgIpc) is 2.75. The Labute approximate surface area is 144 Å². The van der Waals surface area contributed by atoms with Crippen LogP contribution in [0.1, 0.15) is 50.9 Å².